The van der Waals surface area contributed by atoms with E-state index in [9.17, 15) is 14.4 Å². The number of imide groups is 1. The largest absolute Gasteiger partial charge is 0.325 e. The quantitative estimate of drug-likeness (QED) is 0.672. The molecule has 1 aliphatic heterocycles. The third-order valence-electron chi connectivity index (χ3n) is 3.43. The van der Waals surface area contributed by atoms with E-state index in [1.54, 1.807) is 26.0 Å². The van der Waals surface area contributed by atoms with E-state index in [4.69, 9.17) is 0 Å². The summed E-state index contributed by atoms with van der Waals surface area (Å²) in [6.07, 6.45) is 0.898. The summed E-state index contributed by atoms with van der Waals surface area (Å²) in [6.45, 7) is 5.05. The molecule has 1 aliphatic rings. The molecule has 1 aromatic rings. The number of rotatable bonds is 4. The Morgan fingerprint density at radius 2 is 1.80 bits per heavy atom. The average Bonchev–Trinajstić information content (AvgIpc) is 2.61. The maximum atomic E-state index is 12.1. The summed E-state index contributed by atoms with van der Waals surface area (Å²) < 4.78 is 0. The summed E-state index contributed by atoms with van der Waals surface area (Å²) in [5.41, 5.74) is 0.703. The van der Waals surface area contributed by atoms with Crippen LogP contribution in [0.5, 0.6) is 0 Å². The fraction of sp³-hybridized carbons (Fsp3) is 0.400. The van der Waals surface area contributed by atoms with E-state index >= 15 is 0 Å². The molecule has 2 rings (SSSR count). The topological polar surface area (TPSA) is 66.5 Å². The fourth-order valence-corrected chi connectivity index (χ4v) is 2.12. The lowest BCUT2D eigenvalue weighted by molar-refractivity contribution is -0.129. The number of Topliss-reactive ketones (excluding diaryl/α,β-unsaturated/α-hetero) is 1. The zero-order valence-corrected chi connectivity index (χ0v) is 11.9. The Morgan fingerprint density at radius 1 is 1.20 bits per heavy atom. The predicted octanol–water partition coefficient (Wildman–Crippen LogP) is 1.76. The van der Waals surface area contributed by atoms with Crippen molar-refractivity contribution in [2.24, 2.45) is 0 Å². The lowest BCUT2D eigenvalue weighted by Gasteiger charge is -2.15. The molecule has 0 bridgehead atoms. The lowest BCUT2D eigenvalue weighted by Crippen LogP contribution is -2.41. The molecule has 5 nitrogen and oxygen atoms in total. The fourth-order valence-electron chi connectivity index (χ4n) is 2.12. The van der Waals surface area contributed by atoms with Crippen molar-refractivity contribution in [3.8, 4) is 0 Å². The van der Waals surface area contributed by atoms with Crippen molar-refractivity contribution in [1.29, 1.82) is 0 Å². The molecule has 0 unspecified atom stereocenters. The minimum absolute atomic E-state index is 0.223. The standard InChI is InChI=1S/C15H18N2O3/c1-4-10-5-7-11(8-6-10)12(18)9-17-13(19)15(2,3)16-14(17)20/h5-8H,4,9H2,1-3H3,(H,16,20). The number of hydrogen-bond donors (Lipinski definition) is 1. The Hall–Kier alpha value is -2.17. The second-order valence-electron chi connectivity index (χ2n) is 5.42. The Bertz CT molecular complexity index is 561. The Kier molecular flexibility index (Phi) is 3.61. The molecular weight excluding hydrogens is 256 g/mol. The maximum Gasteiger partial charge on any atom is 0.325 e. The highest BCUT2D eigenvalue weighted by atomic mass is 16.2. The molecule has 0 radical (unpaired) electrons. The van der Waals surface area contributed by atoms with Gasteiger partial charge in [0, 0.05) is 5.56 Å². The number of ketones is 1. The molecule has 0 spiro atoms. The van der Waals surface area contributed by atoms with Crippen LogP contribution in [0.25, 0.3) is 0 Å². The molecule has 0 saturated carbocycles. The van der Waals surface area contributed by atoms with Crippen molar-refractivity contribution in [1.82, 2.24) is 10.2 Å². The minimum Gasteiger partial charge on any atom is -0.324 e. The predicted molar refractivity (Wildman–Crippen MR) is 74.5 cm³/mol. The van der Waals surface area contributed by atoms with Crippen LogP contribution in [0.3, 0.4) is 0 Å². The van der Waals surface area contributed by atoms with Crippen LogP contribution in [0.1, 0.15) is 36.7 Å². The van der Waals surface area contributed by atoms with Crippen molar-refractivity contribution >= 4 is 17.7 Å². The third kappa shape index (κ3) is 2.57. The second-order valence-corrected chi connectivity index (χ2v) is 5.42. The van der Waals surface area contributed by atoms with Gasteiger partial charge in [-0.05, 0) is 25.8 Å². The van der Waals surface area contributed by atoms with Gasteiger partial charge in [-0.1, -0.05) is 31.2 Å². The number of hydrogen-bond acceptors (Lipinski definition) is 3. The van der Waals surface area contributed by atoms with Crippen molar-refractivity contribution < 1.29 is 14.4 Å². The second kappa shape index (κ2) is 5.07. The normalized spacial score (nSPS) is 17.2. The highest BCUT2D eigenvalue weighted by molar-refractivity contribution is 6.10. The molecule has 3 amide bonds. The summed E-state index contributed by atoms with van der Waals surface area (Å²) in [4.78, 5) is 36.8. The maximum absolute atomic E-state index is 12.1. The zero-order chi connectivity index (χ0) is 14.9. The van der Waals surface area contributed by atoms with Crippen LogP contribution in [-0.2, 0) is 11.2 Å². The number of carbonyl (C=O) groups excluding carboxylic acids is 3. The van der Waals surface area contributed by atoms with Crippen LogP contribution in [-0.4, -0.2) is 34.7 Å². The monoisotopic (exact) mass is 274 g/mol. The molecule has 1 fully saturated rings. The first-order chi connectivity index (χ1) is 9.35. The molecular formula is C15H18N2O3. The van der Waals surface area contributed by atoms with E-state index in [0.717, 1.165) is 16.9 Å². The number of benzene rings is 1. The van der Waals surface area contributed by atoms with Gasteiger partial charge in [-0.25, -0.2) is 4.79 Å². The van der Waals surface area contributed by atoms with Crippen LogP contribution >= 0.6 is 0 Å². The van der Waals surface area contributed by atoms with Gasteiger partial charge in [0.15, 0.2) is 5.78 Å². The molecule has 0 atom stereocenters. The Labute approximate surface area is 118 Å². The van der Waals surface area contributed by atoms with Crippen molar-refractivity contribution in [3.05, 3.63) is 35.4 Å². The number of nitrogens with one attached hydrogen (secondary N) is 1. The van der Waals surface area contributed by atoms with Gasteiger partial charge < -0.3 is 5.32 Å². The first-order valence-corrected chi connectivity index (χ1v) is 6.61. The summed E-state index contributed by atoms with van der Waals surface area (Å²) in [5, 5.41) is 2.55. The molecule has 5 heteroatoms. The Morgan fingerprint density at radius 3 is 2.25 bits per heavy atom. The van der Waals surface area contributed by atoms with Gasteiger partial charge >= 0.3 is 6.03 Å². The Balaban J connectivity index is 2.11. The van der Waals surface area contributed by atoms with E-state index < -0.39 is 11.6 Å². The van der Waals surface area contributed by atoms with E-state index in [2.05, 4.69) is 5.32 Å². The van der Waals surface area contributed by atoms with Gasteiger partial charge in [-0.2, -0.15) is 0 Å². The molecule has 1 aromatic carbocycles. The molecule has 106 valence electrons. The van der Waals surface area contributed by atoms with Crippen LogP contribution < -0.4 is 5.32 Å². The van der Waals surface area contributed by atoms with Gasteiger partial charge in [0.1, 0.15) is 5.54 Å². The van der Waals surface area contributed by atoms with E-state index in [1.165, 1.54) is 0 Å². The van der Waals surface area contributed by atoms with E-state index in [0.29, 0.717) is 5.56 Å². The van der Waals surface area contributed by atoms with Crippen LogP contribution in [0.15, 0.2) is 24.3 Å². The minimum atomic E-state index is -0.941. The van der Waals surface area contributed by atoms with Gasteiger partial charge in [0.2, 0.25) is 0 Å². The van der Waals surface area contributed by atoms with Crippen LogP contribution in [0.2, 0.25) is 0 Å². The zero-order valence-electron chi connectivity index (χ0n) is 11.9. The first kappa shape index (κ1) is 14.2. The molecule has 0 aliphatic carbocycles. The number of amides is 3. The molecule has 1 saturated heterocycles. The van der Waals surface area contributed by atoms with Crippen molar-refractivity contribution in [3.63, 3.8) is 0 Å². The van der Waals surface area contributed by atoms with Gasteiger partial charge in [-0.15, -0.1) is 0 Å². The summed E-state index contributed by atoms with van der Waals surface area (Å²) >= 11 is 0. The molecule has 1 N–H and O–H groups in total. The van der Waals surface area contributed by atoms with Crippen LogP contribution in [0.4, 0.5) is 4.79 Å². The first-order valence-electron chi connectivity index (χ1n) is 6.61. The number of urea groups is 1. The highest BCUT2D eigenvalue weighted by Crippen LogP contribution is 2.17. The third-order valence-corrected chi connectivity index (χ3v) is 3.43. The van der Waals surface area contributed by atoms with Gasteiger partial charge in [0.25, 0.3) is 5.91 Å². The highest BCUT2D eigenvalue weighted by Gasteiger charge is 2.44. The van der Waals surface area contributed by atoms with Crippen LogP contribution in [0, 0.1) is 0 Å². The summed E-state index contributed by atoms with van der Waals surface area (Å²) in [6, 6.07) is 6.69. The number of aryl methyl sites for hydroxylation is 1. The van der Waals surface area contributed by atoms with Gasteiger partial charge in [0.05, 0.1) is 6.54 Å². The van der Waals surface area contributed by atoms with Crippen molar-refractivity contribution in [2.75, 3.05) is 6.54 Å². The molecule has 20 heavy (non-hydrogen) atoms. The molecule has 1 heterocycles. The van der Waals surface area contributed by atoms with Crippen molar-refractivity contribution in [2.45, 2.75) is 32.7 Å². The lowest BCUT2D eigenvalue weighted by atomic mass is 10.0. The number of nitrogens with zero attached hydrogens (tertiary/aromatic N) is 1. The summed E-state index contributed by atoms with van der Waals surface area (Å²) in [7, 11) is 0. The smallest absolute Gasteiger partial charge is 0.324 e. The van der Waals surface area contributed by atoms with E-state index in [-0.39, 0.29) is 18.2 Å². The SMILES string of the molecule is CCc1ccc(C(=O)CN2C(=O)NC(C)(C)C2=O)cc1. The van der Waals surface area contributed by atoms with E-state index in [1.807, 2.05) is 19.1 Å². The number of carbonyl (C=O) groups is 3. The van der Waals surface area contributed by atoms with Gasteiger partial charge in [-0.3, -0.25) is 14.5 Å². The molecule has 0 aromatic heterocycles. The average molecular weight is 274 g/mol. The summed E-state index contributed by atoms with van der Waals surface area (Å²) in [5.74, 6) is -0.616.